The summed E-state index contributed by atoms with van der Waals surface area (Å²) < 4.78 is 10.3. The van der Waals surface area contributed by atoms with Gasteiger partial charge in [0.15, 0.2) is 0 Å². The summed E-state index contributed by atoms with van der Waals surface area (Å²) in [6.45, 7) is 2.00. The van der Waals surface area contributed by atoms with Gasteiger partial charge in [-0.15, -0.1) is 11.3 Å². The maximum atomic E-state index is 12.2. The van der Waals surface area contributed by atoms with Crippen molar-refractivity contribution in [2.45, 2.75) is 6.92 Å². The Labute approximate surface area is 154 Å². The molecule has 1 aromatic carbocycles. The van der Waals surface area contributed by atoms with Gasteiger partial charge < -0.3 is 14.8 Å². The van der Waals surface area contributed by atoms with Crippen molar-refractivity contribution in [3.05, 3.63) is 70.0 Å². The molecular weight excluding hydrogens is 352 g/mol. The lowest BCUT2D eigenvalue weighted by atomic mass is 10.2. The smallest absolute Gasteiger partial charge is 0.348 e. The van der Waals surface area contributed by atoms with Gasteiger partial charge in [0.25, 0.3) is 5.91 Å². The van der Waals surface area contributed by atoms with Gasteiger partial charge in [-0.05, 0) is 37.3 Å². The highest BCUT2D eigenvalue weighted by Crippen LogP contribution is 2.22. The fraction of sp³-hybridized carbons (Fsp3) is 0.105. The van der Waals surface area contributed by atoms with Crippen molar-refractivity contribution < 1.29 is 19.1 Å². The van der Waals surface area contributed by atoms with Gasteiger partial charge >= 0.3 is 5.97 Å². The quantitative estimate of drug-likeness (QED) is 0.680. The Kier molecular flexibility index (Phi) is 5.28. The first-order chi connectivity index (χ1) is 12.5. The summed E-state index contributed by atoms with van der Waals surface area (Å²) in [6.07, 6.45) is 1.51. The zero-order chi connectivity index (χ0) is 18.5. The lowest BCUT2D eigenvalue weighted by Gasteiger charge is -2.07. The Bertz CT molecular complexity index is 917. The number of benzene rings is 1. The van der Waals surface area contributed by atoms with Crippen molar-refractivity contribution in [3.8, 4) is 11.6 Å². The average Bonchev–Trinajstić information content (AvgIpc) is 3.15. The van der Waals surface area contributed by atoms with Crippen LogP contribution in [0.2, 0.25) is 0 Å². The van der Waals surface area contributed by atoms with Crippen molar-refractivity contribution >= 4 is 28.9 Å². The van der Waals surface area contributed by atoms with E-state index >= 15 is 0 Å². The van der Waals surface area contributed by atoms with Crippen LogP contribution < -0.4 is 10.1 Å². The molecule has 6 nitrogen and oxygen atoms in total. The molecule has 0 aliphatic heterocycles. The number of amides is 1. The molecule has 132 valence electrons. The summed E-state index contributed by atoms with van der Waals surface area (Å²) in [6, 6.07) is 14.1. The van der Waals surface area contributed by atoms with Crippen molar-refractivity contribution in [1.29, 1.82) is 0 Å². The van der Waals surface area contributed by atoms with E-state index in [0.717, 1.165) is 16.9 Å². The molecule has 1 N–H and O–H groups in total. The fourth-order valence-corrected chi connectivity index (χ4v) is 2.92. The number of ether oxygens (including phenoxy) is 2. The van der Waals surface area contributed by atoms with Crippen molar-refractivity contribution in [1.82, 2.24) is 4.98 Å². The molecule has 26 heavy (non-hydrogen) atoms. The number of rotatable bonds is 5. The highest BCUT2D eigenvalue weighted by atomic mass is 32.1. The minimum atomic E-state index is -0.465. The van der Waals surface area contributed by atoms with Crippen LogP contribution in [0, 0.1) is 6.92 Å². The second kappa shape index (κ2) is 7.79. The summed E-state index contributed by atoms with van der Waals surface area (Å²) in [5.74, 6) is 0.331. The zero-order valence-corrected chi connectivity index (χ0v) is 15.0. The molecule has 3 rings (SSSR count). The second-order valence-corrected chi connectivity index (χ2v) is 6.49. The van der Waals surface area contributed by atoms with Crippen LogP contribution in [0.15, 0.2) is 54.7 Å². The number of thiophene rings is 1. The van der Waals surface area contributed by atoms with E-state index in [4.69, 9.17) is 4.74 Å². The normalized spacial score (nSPS) is 10.2. The molecule has 0 radical (unpaired) electrons. The Hall–Kier alpha value is -3.19. The highest BCUT2D eigenvalue weighted by Gasteiger charge is 2.14. The number of carbonyl (C=O) groups is 2. The van der Waals surface area contributed by atoms with E-state index < -0.39 is 5.97 Å². The Morgan fingerprint density at radius 2 is 1.73 bits per heavy atom. The molecule has 0 fully saturated rings. The van der Waals surface area contributed by atoms with Crippen LogP contribution in [0.1, 0.15) is 24.9 Å². The van der Waals surface area contributed by atoms with Crippen LogP contribution in [-0.4, -0.2) is 24.0 Å². The van der Waals surface area contributed by atoms with E-state index in [2.05, 4.69) is 15.0 Å². The molecule has 0 saturated heterocycles. The van der Waals surface area contributed by atoms with E-state index in [-0.39, 0.29) is 5.91 Å². The second-order valence-electron chi connectivity index (χ2n) is 5.41. The van der Waals surface area contributed by atoms with Crippen LogP contribution in [0.4, 0.5) is 5.69 Å². The van der Waals surface area contributed by atoms with E-state index in [1.165, 1.54) is 13.3 Å². The van der Waals surface area contributed by atoms with Crippen LogP contribution in [-0.2, 0) is 4.74 Å². The van der Waals surface area contributed by atoms with E-state index in [9.17, 15) is 9.59 Å². The molecular formula is C19H16N2O4S. The van der Waals surface area contributed by atoms with Crippen LogP contribution in [0.3, 0.4) is 0 Å². The lowest BCUT2D eigenvalue weighted by Crippen LogP contribution is -2.10. The molecule has 0 unspecified atom stereocenters. The van der Waals surface area contributed by atoms with Gasteiger partial charge in [-0.2, -0.15) is 0 Å². The molecule has 0 spiro atoms. The SMILES string of the molecule is COC(=O)c1ccc(C(=O)Nc2ccc(Oc3ccc(C)cc3)nc2)s1. The standard InChI is InChI=1S/C19H16N2O4S/c1-12-3-6-14(7-4-12)25-17-10-5-13(11-20-17)21-18(22)15-8-9-16(26-15)19(23)24-2/h3-11H,1-2H3,(H,21,22). The Balaban J connectivity index is 1.63. The molecule has 0 saturated carbocycles. The maximum Gasteiger partial charge on any atom is 0.348 e. The Morgan fingerprint density at radius 1 is 1.00 bits per heavy atom. The van der Waals surface area contributed by atoms with Crippen molar-refractivity contribution in [3.63, 3.8) is 0 Å². The Morgan fingerprint density at radius 3 is 2.38 bits per heavy atom. The van der Waals surface area contributed by atoms with Gasteiger partial charge in [-0.1, -0.05) is 17.7 Å². The molecule has 0 aliphatic carbocycles. The number of nitrogens with one attached hydrogen (secondary N) is 1. The first kappa shape index (κ1) is 17.6. The number of esters is 1. The first-order valence-electron chi connectivity index (χ1n) is 7.75. The summed E-state index contributed by atoms with van der Waals surface area (Å²) in [5, 5.41) is 2.73. The predicted molar refractivity (Wildman–Crippen MR) is 99.1 cm³/mol. The number of carbonyl (C=O) groups excluding carboxylic acids is 2. The molecule has 0 atom stereocenters. The number of methoxy groups -OCH3 is 1. The lowest BCUT2D eigenvalue weighted by molar-refractivity contribution is 0.0606. The molecule has 3 aromatic rings. The molecule has 1 amide bonds. The average molecular weight is 368 g/mol. The zero-order valence-electron chi connectivity index (χ0n) is 14.2. The van der Waals surface area contributed by atoms with E-state index in [0.29, 0.717) is 27.1 Å². The molecule has 0 aliphatic rings. The monoisotopic (exact) mass is 368 g/mol. The van der Waals surface area contributed by atoms with Crippen LogP contribution in [0.5, 0.6) is 11.6 Å². The number of nitrogens with zero attached hydrogens (tertiary/aromatic N) is 1. The van der Waals surface area contributed by atoms with E-state index in [1.807, 2.05) is 31.2 Å². The number of aryl methyl sites for hydroxylation is 1. The summed E-state index contributed by atoms with van der Waals surface area (Å²) in [4.78, 5) is 28.6. The van der Waals surface area contributed by atoms with Crippen LogP contribution >= 0.6 is 11.3 Å². The maximum absolute atomic E-state index is 12.2. The number of hydrogen-bond donors (Lipinski definition) is 1. The first-order valence-corrected chi connectivity index (χ1v) is 8.57. The third-order valence-electron chi connectivity index (χ3n) is 3.45. The van der Waals surface area contributed by atoms with Gasteiger partial charge in [0.2, 0.25) is 5.88 Å². The van der Waals surface area contributed by atoms with Gasteiger partial charge in [0.1, 0.15) is 10.6 Å². The summed E-state index contributed by atoms with van der Waals surface area (Å²) in [5.41, 5.74) is 1.67. The molecule has 0 bridgehead atoms. The van der Waals surface area contributed by atoms with Gasteiger partial charge in [0.05, 0.1) is 23.9 Å². The van der Waals surface area contributed by atoms with Crippen molar-refractivity contribution in [2.75, 3.05) is 12.4 Å². The molecule has 7 heteroatoms. The third-order valence-corrected chi connectivity index (χ3v) is 4.52. The largest absolute Gasteiger partial charge is 0.465 e. The predicted octanol–water partition coefficient (Wildman–Crippen LogP) is 4.28. The fourth-order valence-electron chi connectivity index (χ4n) is 2.10. The minimum absolute atomic E-state index is 0.320. The third kappa shape index (κ3) is 4.25. The van der Waals surface area contributed by atoms with Gasteiger partial charge in [-0.3, -0.25) is 4.79 Å². The summed E-state index contributed by atoms with van der Waals surface area (Å²) in [7, 11) is 1.30. The topological polar surface area (TPSA) is 77.5 Å². The number of aromatic nitrogens is 1. The minimum Gasteiger partial charge on any atom is -0.465 e. The van der Waals surface area contributed by atoms with E-state index in [1.54, 1.807) is 24.3 Å². The van der Waals surface area contributed by atoms with Gasteiger partial charge in [0, 0.05) is 6.07 Å². The van der Waals surface area contributed by atoms with Gasteiger partial charge in [-0.25, -0.2) is 9.78 Å². The number of hydrogen-bond acceptors (Lipinski definition) is 6. The number of pyridine rings is 1. The van der Waals surface area contributed by atoms with Crippen LogP contribution in [0.25, 0.3) is 0 Å². The summed E-state index contributed by atoms with van der Waals surface area (Å²) >= 11 is 1.07. The highest BCUT2D eigenvalue weighted by molar-refractivity contribution is 7.16. The number of anilines is 1. The van der Waals surface area contributed by atoms with Crippen molar-refractivity contribution in [2.24, 2.45) is 0 Å². The molecule has 2 heterocycles. The molecule has 2 aromatic heterocycles.